The van der Waals surface area contributed by atoms with E-state index in [0.29, 0.717) is 11.1 Å². The fourth-order valence-electron chi connectivity index (χ4n) is 3.64. The summed E-state index contributed by atoms with van der Waals surface area (Å²) in [6.45, 7) is 0. The lowest BCUT2D eigenvalue weighted by atomic mass is 9.95. The molecule has 3 aromatic rings. The molecule has 1 amide bonds. The van der Waals surface area contributed by atoms with Crippen molar-refractivity contribution in [3.63, 3.8) is 0 Å². The van der Waals surface area contributed by atoms with E-state index in [9.17, 15) is 31.1 Å². The van der Waals surface area contributed by atoms with Gasteiger partial charge in [0.15, 0.2) is 0 Å². The lowest BCUT2D eigenvalue weighted by Gasteiger charge is -2.25. The minimum absolute atomic E-state index is 0.212. The Labute approximate surface area is 192 Å². The predicted octanol–water partition coefficient (Wildman–Crippen LogP) is 6.21. The van der Waals surface area contributed by atoms with Gasteiger partial charge in [-0.05, 0) is 53.8 Å². The van der Waals surface area contributed by atoms with Gasteiger partial charge >= 0.3 is 12.4 Å². The Morgan fingerprint density at radius 1 is 0.765 bits per heavy atom. The van der Waals surface area contributed by atoms with Gasteiger partial charge in [-0.1, -0.05) is 54.6 Å². The molecule has 0 spiro atoms. The highest BCUT2D eigenvalue weighted by Crippen LogP contribution is 2.33. The molecule has 0 bridgehead atoms. The number of nitrogens with one attached hydrogen (secondary N) is 1. The van der Waals surface area contributed by atoms with Crippen LogP contribution in [0, 0.1) is 0 Å². The maximum atomic E-state index is 13.3. The van der Waals surface area contributed by atoms with Gasteiger partial charge < -0.3 is 5.73 Å². The summed E-state index contributed by atoms with van der Waals surface area (Å²) in [6.07, 6.45) is -8.56. The quantitative estimate of drug-likeness (QED) is 0.377. The lowest BCUT2D eigenvalue weighted by molar-refractivity contribution is -0.138. The Morgan fingerprint density at radius 3 is 1.91 bits per heavy atom. The van der Waals surface area contributed by atoms with Crippen LogP contribution >= 0.6 is 0 Å². The highest BCUT2D eigenvalue weighted by molar-refractivity contribution is 5.81. The van der Waals surface area contributed by atoms with Crippen LogP contribution in [0.4, 0.5) is 26.3 Å². The maximum absolute atomic E-state index is 13.3. The van der Waals surface area contributed by atoms with Crippen LogP contribution in [-0.2, 0) is 23.6 Å². The van der Waals surface area contributed by atoms with Crippen molar-refractivity contribution < 1.29 is 31.1 Å². The molecule has 0 radical (unpaired) electrons. The smallest absolute Gasteiger partial charge is 0.368 e. The highest BCUT2D eigenvalue weighted by Gasteiger charge is 2.32. The third-order valence-corrected chi connectivity index (χ3v) is 5.40. The fourth-order valence-corrected chi connectivity index (χ4v) is 3.64. The Hall–Kier alpha value is -3.33. The van der Waals surface area contributed by atoms with E-state index in [1.165, 1.54) is 24.3 Å². The second-order valence-corrected chi connectivity index (χ2v) is 7.82. The van der Waals surface area contributed by atoms with E-state index in [1.807, 2.05) is 0 Å². The number of alkyl halides is 6. The summed E-state index contributed by atoms with van der Waals surface area (Å²) in [6, 6.07) is 16.1. The molecule has 0 aromatic heterocycles. The van der Waals surface area contributed by atoms with Crippen LogP contribution < -0.4 is 11.1 Å². The van der Waals surface area contributed by atoms with E-state index in [1.54, 1.807) is 30.3 Å². The first-order valence-electron chi connectivity index (χ1n) is 10.4. The van der Waals surface area contributed by atoms with Crippen LogP contribution in [0.3, 0.4) is 0 Å². The molecule has 3 nitrogen and oxygen atoms in total. The third kappa shape index (κ3) is 6.60. The first-order chi connectivity index (χ1) is 15.9. The number of halogens is 6. The molecule has 0 aliphatic carbocycles. The molecule has 0 saturated heterocycles. The van der Waals surface area contributed by atoms with Crippen LogP contribution in [-0.4, -0.2) is 5.91 Å². The molecule has 34 heavy (non-hydrogen) atoms. The van der Waals surface area contributed by atoms with E-state index in [4.69, 9.17) is 5.73 Å². The summed E-state index contributed by atoms with van der Waals surface area (Å²) in [4.78, 5) is 12.2. The molecule has 0 aliphatic rings. The van der Waals surface area contributed by atoms with Gasteiger partial charge in [0.25, 0.3) is 0 Å². The second-order valence-electron chi connectivity index (χ2n) is 7.82. The molecular formula is C25H22F6N2O. The zero-order chi connectivity index (χ0) is 24.9. The van der Waals surface area contributed by atoms with Crippen molar-refractivity contribution in [3.8, 4) is 0 Å². The van der Waals surface area contributed by atoms with Crippen molar-refractivity contribution in [1.29, 1.82) is 0 Å². The monoisotopic (exact) mass is 480 g/mol. The number of primary amides is 1. The zero-order valence-electron chi connectivity index (χ0n) is 17.8. The molecule has 9 heteroatoms. The van der Waals surface area contributed by atoms with Crippen LogP contribution in [0.5, 0.6) is 0 Å². The summed E-state index contributed by atoms with van der Waals surface area (Å²) < 4.78 is 78.3. The Morgan fingerprint density at radius 2 is 1.35 bits per heavy atom. The molecule has 3 N–H and O–H groups in total. The summed E-state index contributed by atoms with van der Waals surface area (Å²) in [7, 11) is 0. The molecule has 3 aromatic carbocycles. The van der Waals surface area contributed by atoms with Crippen molar-refractivity contribution in [2.45, 2.75) is 37.3 Å². The van der Waals surface area contributed by atoms with Gasteiger partial charge in [-0.15, -0.1) is 0 Å². The molecule has 0 heterocycles. The average molecular weight is 480 g/mol. The standard InChI is InChI=1S/C25H22F6N2O/c26-24(27,28)19-12-9-16(10-13-19)11-14-21(18-7-4-8-20(15-18)25(29,30)31)33-22(23(32)34)17-5-2-1-3-6-17/h1-10,12-13,15,21-22,33H,11,14H2,(H2,32,34). The third-order valence-electron chi connectivity index (χ3n) is 5.40. The average Bonchev–Trinajstić information content (AvgIpc) is 2.79. The Balaban J connectivity index is 1.89. The van der Waals surface area contributed by atoms with Gasteiger partial charge in [-0.2, -0.15) is 26.3 Å². The molecule has 2 unspecified atom stereocenters. The summed E-state index contributed by atoms with van der Waals surface area (Å²) in [5.74, 6) is -0.710. The van der Waals surface area contributed by atoms with E-state index >= 15 is 0 Å². The van der Waals surface area contributed by atoms with Crippen LogP contribution in [0.2, 0.25) is 0 Å². The second kappa shape index (κ2) is 10.3. The number of rotatable bonds is 8. The normalized spacial score (nSPS) is 13.9. The molecule has 0 aliphatic heterocycles. The molecule has 2 atom stereocenters. The van der Waals surface area contributed by atoms with Gasteiger partial charge in [-0.25, -0.2) is 0 Å². The predicted molar refractivity (Wildman–Crippen MR) is 115 cm³/mol. The van der Waals surface area contributed by atoms with Crippen molar-refractivity contribution in [3.05, 3.63) is 107 Å². The number of hydrogen-bond donors (Lipinski definition) is 2. The first-order valence-corrected chi connectivity index (χ1v) is 10.4. The SMILES string of the molecule is NC(=O)C(NC(CCc1ccc(C(F)(F)F)cc1)c1cccc(C(F)(F)F)c1)c1ccccc1. The zero-order valence-corrected chi connectivity index (χ0v) is 17.8. The summed E-state index contributed by atoms with van der Waals surface area (Å²) >= 11 is 0. The minimum atomic E-state index is -4.56. The minimum Gasteiger partial charge on any atom is -0.368 e. The van der Waals surface area contributed by atoms with Gasteiger partial charge in [0, 0.05) is 6.04 Å². The van der Waals surface area contributed by atoms with Gasteiger partial charge in [0.1, 0.15) is 6.04 Å². The lowest BCUT2D eigenvalue weighted by Crippen LogP contribution is -2.36. The topological polar surface area (TPSA) is 55.1 Å². The van der Waals surface area contributed by atoms with Crippen molar-refractivity contribution >= 4 is 5.91 Å². The summed E-state index contributed by atoms with van der Waals surface area (Å²) in [5, 5.41) is 3.05. The Bertz CT molecular complexity index is 1090. The number of nitrogens with two attached hydrogens (primary N) is 1. The number of aryl methyl sites for hydroxylation is 1. The van der Waals surface area contributed by atoms with E-state index in [2.05, 4.69) is 5.32 Å². The first kappa shape index (κ1) is 25.3. The molecule has 3 rings (SSSR count). The fraction of sp³-hybridized carbons (Fsp3) is 0.240. The number of carbonyl (C=O) groups excluding carboxylic acids is 1. The van der Waals surface area contributed by atoms with E-state index in [-0.39, 0.29) is 18.4 Å². The Kier molecular flexibility index (Phi) is 7.66. The number of hydrogen-bond acceptors (Lipinski definition) is 2. The summed E-state index contributed by atoms with van der Waals surface area (Å²) in [5.41, 5.74) is 5.33. The van der Waals surface area contributed by atoms with Gasteiger partial charge in [-0.3, -0.25) is 10.1 Å². The van der Waals surface area contributed by atoms with Crippen molar-refractivity contribution in [2.24, 2.45) is 5.73 Å². The van der Waals surface area contributed by atoms with E-state index in [0.717, 1.165) is 24.3 Å². The maximum Gasteiger partial charge on any atom is 0.416 e. The van der Waals surface area contributed by atoms with Crippen molar-refractivity contribution in [2.75, 3.05) is 0 Å². The van der Waals surface area contributed by atoms with E-state index < -0.39 is 41.5 Å². The number of benzene rings is 3. The van der Waals surface area contributed by atoms with Crippen LogP contribution in [0.25, 0.3) is 0 Å². The van der Waals surface area contributed by atoms with Crippen LogP contribution in [0.15, 0.2) is 78.9 Å². The molecule has 0 saturated carbocycles. The largest absolute Gasteiger partial charge is 0.416 e. The highest BCUT2D eigenvalue weighted by atomic mass is 19.4. The van der Waals surface area contributed by atoms with Gasteiger partial charge in [0.05, 0.1) is 11.1 Å². The van der Waals surface area contributed by atoms with Crippen molar-refractivity contribution in [1.82, 2.24) is 5.32 Å². The molecular weight excluding hydrogens is 458 g/mol. The number of carbonyl (C=O) groups is 1. The molecule has 180 valence electrons. The molecule has 0 fully saturated rings. The van der Waals surface area contributed by atoms with Gasteiger partial charge in [0.2, 0.25) is 5.91 Å². The van der Waals surface area contributed by atoms with Crippen LogP contribution in [0.1, 0.15) is 46.3 Å². The number of amides is 1.